The maximum Gasteiger partial charge on any atom is 0.573 e. The van der Waals surface area contributed by atoms with Gasteiger partial charge >= 0.3 is 12.3 Å². The third-order valence-corrected chi connectivity index (χ3v) is 2.40. The highest BCUT2D eigenvalue weighted by atomic mass is 19.4. The predicted octanol–water partition coefficient (Wildman–Crippen LogP) is 3.35. The lowest BCUT2D eigenvalue weighted by molar-refractivity contribution is -0.274. The second-order valence-corrected chi connectivity index (χ2v) is 3.75. The Morgan fingerprint density at radius 1 is 1.15 bits per heavy atom. The minimum Gasteiger partial charge on any atom is -0.478 e. The first-order chi connectivity index (χ1) is 9.38. The predicted molar refractivity (Wildman–Crippen MR) is 63.3 cm³/mol. The average Bonchev–Trinajstić information content (AvgIpc) is 2.38. The SMILES string of the molecule is O=C(O)c1cccc(-c2ccccn2)c1OC(F)(F)F. The van der Waals surface area contributed by atoms with Crippen LogP contribution in [0.5, 0.6) is 5.75 Å². The minimum absolute atomic E-state index is 0.0391. The first kappa shape index (κ1) is 13.9. The number of alkyl halides is 3. The van der Waals surface area contributed by atoms with E-state index in [-0.39, 0.29) is 11.3 Å². The van der Waals surface area contributed by atoms with Crippen molar-refractivity contribution in [2.45, 2.75) is 6.36 Å². The molecule has 0 saturated heterocycles. The number of para-hydroxylation sites is 1. The van der Waals surface area contributed by atoms with Gasteiger partial charge < -0.3 is 9.84 Å². The van der Waals surface area contributed by atoms with Crippen molar-refractivity contribution in [3.05, 3.63) is 48.2 Å². The number of halogens is 3. The molecule has 1 aromatic heterocycles. The van der Waals surface area contributed by atoms with Crippen LogP contribution >= 0.6 is 0 Å². The molecule has 0 unspecified atom stereocenters. The lowest BCUT2D eigenvalue weighted by Crippen LogP contribution is -2.19. The summed E-state index contributed by atoms with van der Waals surface area (Å²) < 4.78 is 41.2. The van der Waals surface area contributed by atoms with E-state index in [0.717, 1.165) is 6.07 Å². The van der Waals surface area contributed by atoms with Crippen LogP contribution in [0.4, 0.5) is 13.2 Å². The monoisotopic (exact) mass is 283 g/mol. The largest absolute Gasteiger partial charge is 0.573 e. The summed E-state index contributed by atoms with van der Waals surface area (Å²) in [5.41, 5.74) is -0.428. The molecule has 1 N–H and O–H groups in total. The molecule has 0 aliphatic rings. The van der Waals surface area contributed by atoms with Gasteiger partial charge in [0.1, 0.15) is 5.56 Å². The van der Waals surface area contributed by atoms with Gasteiger partial charge in [0.15, 0.2) is 5.75 Å². The molecule has 0 radical (unpaired) electrons. The van der Waals surface area contributed by atoms with E-state index in [0.29, 0.717) is 0 Å². The zero-order valence-corrected chi connectivity index (χ0v) is 9.89. The van der Waals surface area contributed by atoms with Crippen molar-refractivity contribution in [1.82, 2.24) is 4.98 Å². The Labute approximate surface area is 111 Å². The van der Waals surface area contributed by atoms with Gasteiger partial charge in [-0.05, 0) is 24.3 Å². The maximum atomic E-state index is 12.4. The summed E-state index contributed by atoms with van der Waals surface area (Å²) in [4.78, 5) is 14.9. The zero-order valence-electron chi connectivity index (χ0n) is 9.89. The molecule has 1 heterocycles. The highest BCUT2D eigenvalue weighted by Gasteiger charge is 2.34. The van der Waals surface area contributed by atoms with Gasteiger partial charge in [0.05, 0.1) is 5.69 Å². The van der Waals surface area contributed by atoms with Crippen LogP contribution < -0.4 is 4.74 Å². The molecule has 2 aromatic rings. The Kier molecular flexibility index (Phi) is 3.60. The molecule has 0 atom stereocenters. The summed E-state index contributed by atoms with van der Waals surface area (Å²) in [7, 11) is 0. The summed E-state index contributed by atoms with van der Waals surface area (Å²) in [5.74, 6) is -2.28. The number of nitrogens with zero attached hydrogens (tertiary/aromatic N) is 1. The highest BCUT2D eigenvalue weighted by molar-refractivity contribution is 5.94. The molecule has 0 saturated carbocycles. The number of ether oxygens (including phenoxy) is 1. The first-order valence-corrected chi connectivity index (χ1v) is 5.42. The van der Waals surface area contributed by atoms with Crippen molar-refractivity contribution in [2.75, 3.05) is 0 Å². The Hall–Kier alpha value is -2.57. The van der Waals surface area contributed by atoms with Crippen LogP contribution in [-0.2, 0) is 0 Å². The molecule has 0 bridgehead atoms. The average molecular weight is 283 g/mol. The summed E-state index contributed by atoms with van der Waals surface area (Å²) in [6.07, 6.45) is -3.60. The Morgan fingerprint density at radius 3 is 2.45 bits per heavy atom. The van der Waals surface area contributed by atoms with Gasteiger partial charge in [-0.1, -0.05) is 12.1 Å². The number of benzene rings is 1. The van der Waals surface area contributed by atoms with E-state index in [9.17, 15) is 18.0 Å². The van der Waals surface area contributed by atoms with Crippen molar-refractivity contribution in [2.24, 2.45) is 0 Å². The lowest BCUT2D eigenvalue weighted by Gasteiger charge is -2.15. The maximum absolute atomic E-state index is 12.4. The standard InChI is InChI=1S/C13H8F3NO3/c14-13(15,16)20-11-8(10-6-1-2-7-17-10)4-3-5-9(11)12(18)19/h1-7H,(H,18,19). The third kappa shape index (κ3) is 3.05. The van der Waals surface area contributed by atoms with Crippen LogP contribution in [0.3, 0.4) is 0 Å². The molecule has 20 heavy (non-hydrogen) atoms. The van der Waals surface area contributed by atoms with Gasteiger partial charge in [-0.2, -0.15) is 0 Å². The fourth-order valence-electron chi connectivity index (χ4n) is 1.65. The molecule has 104 valence electrons. The van der Waals surface area contributed by atoms with E-state index in [2.05, 4.69) is 9.72 Å². The van der Waals surface area contributed by atoms with E-state index in [1.54, 1.807) is 12.1 Å². The molecule has 4 nitrogen and oxygen atoms in total. The Balaban J connectivity index is 2.62. The number of aromatic nitrogens is 1. The van der Waals surface area contributed by atoms with Crippen LogP contribution in [0.15, 0.2) is 42.6 Å². The van der Waals surface area contributed by atoms with Crippen molar-refractivity contribution in [3.63, 3.8) is 0 Å². The van der Waals surface area contributed by atoms with Crippen molar-refractivity contribution in [1.29, 1.82) is 0 Å². The Morgan fingerprint density at radius 2 is 1.90 bits per heavy atom. The molecule has 0 fully saturated rings. The van der Waals surface area contributed by atoms with Crippen molar-refractivity contribution < 1.29 is 27.8 Å². The summed E-state index contributed by atoms with van der Waals surface area (Å²) in [6, 6.07) is 8.31. The number of rotatable bonds is 3. The third-order valence-electron chi connectivity index (χ3n) is 2.40. The van der Waals surface area contributed by atoms with Crippen LogP contribution in [0.25, 0.3) is 11.3 Å². The van der Waals surface area contributed by atoms with E-state index < -0.39 is 23.6 Å². The lowest BCUT2D eigenvalue weighted by atomic mass is 10.1. The number of hydrogen-bond donors (Lipinski definition) is 1. The number of hydrogen-bond acceptors (Lipinski definition) is 3. The van der Waals surface area contributed by atoms with Crippen molar-refractivity contribution in [3.8, 4) is 17.0 Å². The summed E-state index contributed by atoms with van der Waals surface area (Å²) >= 11 is 0. The summed E-state index contributed by atoms with van der Waals surface area (Å²) in [5, 5.41) is 8.97. The van der Waals surface area contributed by atoms with Crippen LogP contribution in [0, 0.1) is 0 Å². The molecule has 0 aliphatic heterocycles. The second kappa shape index (κ2) is 5.20. The minimum atomic E-state index is -4.99. The molecule has 0 spiro atoms. The van der Waals surface area contributed by atoms with Gasteiger partial charge in [-0.3, -0.25) is 4.98 Å². The molecule has 7 heteroatoms. The fraction of sp³-hybridized carbons (Fsp3) is 0.0769. The molecule has 1 aromatic carbocycles. The van der Waals surface area contributed by atoms with Gasteiger partial charge in [0.25, 0.3) is 0 Å². The van der Waals surface area contributed by atoms with E-state index in [1.165, 1.54) is 24.4 Å². The number of aromatic carboxylic acids is 1. The highest BCUT2D eigenvalue weighted by Crippen LogP contribution is 2.35. The molecule has 0 amide bonds. The second-order valence-electron chi connectivity index (χ2n) is 3.75. The number of pyridine rings is 1. The van der Waals surface area contributed by atoms with Crippen LogP contribution in [-0.4, -0.2) is 22.4 Å². The molecular formula is C13H8F3NO3. The van der Waals surface area contributed by atoms with Crippen LogP contribution in [0.2, 0.25) is 0 Å². The van der Waals surface area contributed by atoms with Gasteiger partial charge in [0, 0.05) is 11.8 Å². The fourth-order valence-corrected chi connectivity index (χ4v) is 1.65. The van der Waals surface area contributed by atoms with Gasteiger partial charge in [0.2, 0.25) is 0 Å². The van der Waals surface area contributed by atoms with E-state index in [1.807, 2.05) is 0 Å². The quantitative estimate of drug-likeness (QED) is 0.938. The number of carboxylic acid groups (broad SMARTS) is 1. The number of carbonyl (C=O) groups is 1. The van der Waals surface area contributed by atoms with E-state index in [4.69, 9.17) is 5.11 Å². The van der Waals surface area contributed by atoms with Crippen LogP contribution in [0.1, 0.15) is 10.4 Å². The number of carboxylic acids is 1. The van der Waals surface area contributed by atoms with Crippen molar-refractivity contribution >= 4 is 5.97 Å². The molecule has 2 rings (SSSR count). The summed E-state index contributed by atoms with van der Waals surface area (Å²) in [6.45, 7) is 0. The molecular weight excluding hydrogens is 275 g/mol. The van der Waals surface area contributed by atoms with Gasteiger partial charge in [-0.25, -0.2) is 4.79 Å². The Bertz CT molecular complexity index is 627. The topological polar surface area (TPSA) is 59.4 Å². The normalized spacial score (nSPS) is 11.2. The van der Waals surface area contributed by atoms with E-state index >= 15 is 0 Å². The zero-order chi connectivity index (χ0) is 14.8. The first-order valence-electron chi connectivity index (χ1n) is 5.42. The van der Waals surface area contributed by atoms with Gasteiger partial charge in [-0.15, -0.1) is 13.2 Å². The molecule has 0 aliphatic carbocycles. The smallest absolute Gasteiger partial charge is 0.478 e.